The monoisotopic (exact) mass is 431 g/mol. The fourth-order valence-corrected chi connectivity index (χ4v) is 3.51. The molecule has 0 fully saturated rings. The quantitative estimate of drug-likeness (QED) is 0.242. The third-order valence-electron chi connectivity index (χ3n) is 5.38. The first kappa shape index (κ1) is 24.6. The minimum absolute atomic E-state index is 0.268. The summed E-state index contributed by atoms with van der Waals surface area (Å²) in [5, 5.41) is 0. The van der Waals surface area contributed by atoms with Gasteiger partial charge in [-0.15, -0.1) is 0 Å². The molecule has 0 spiro atoms. The van der Waals surface area contributed by atoms with E-state index >= 15 is 0 Å². The number of ether oxygens (including phenoxy) is 3. The van der Waals surface area contributed by atoms with Gasteiger partial charge >= 0.3 is 11.9 Å². The van der Waals surface area contributed by atoms with E-state index in [1.54, 1.807) is 12.1 Å². The van der Waals surface area contributed by atoms with Gasteiger partial charge in [0.15, 0.2) is 6.34 Å². The number of unbranched alkanes of at least 4 members (excludes halogenated alkanes) is 7. The molecule has 31 heavy (non-hydrogen) atoms. The number of aliphatic imine (C=N–C) groups is 1. The molecule has 0 saturated heterocycles. The lowest BCUT2D eigenvalue weighted by Crippen LogP contribution is -2.35. The van der Waals surface area contributed by atoms with Crippen LogP contribution < -0.4 is 4.74 Å². The van der Waals surface area contributed by atoms with E-state index in [-0.39, 0.29) is 11.1 Å². The molecule has 2 rings (SSSR count). The number of hydrogen-bond donors (Lipinski definition) is 0. The fraction of sp³-hybridized carbons (Fsp3) is 0.542. The molecular formula is C24H35N2O5+. The molecule has 0 aliphatic carbocycles. The van der Waals surface area contributed by atoms with Gasteiger partial charge in [-0.1, -0.05) is 32.1 Å². The van der Waals surface area contributed by atoms with Crippen LogP contribution in [0.3, 0.4) is 0 Å². The van der Waals surface area contributed by atoms with Gasteiger partial charge < -0.3 is 14.2 Å². The van der Waals surface area contributed by atoms with Crippen molar-refractivity contribution in [2.24, 2.45) is 4.99 Å². The van der Waals surface area contributed by atoms with Gasteiger partial charge in [0, 0.05) is 0 Å². The number of methoxy groups -OCH3 is 2. The number of esters is 2. The molecule has 1 unspecified atom stereocenters. The van der Waals surface area contributed by atoms with Gasteiger partial charge in [0.2, 0.25) is 0 Å². The van der Waals surface area contributed by atoms with Crippen molar-refractivity contribution in [3.63, 3.8) is 0 Å². The highest BCUT2D eigenvalue weighted by atomic mass is 16.5. The van der Waals surface area contributed by atoms with Gasteiger partial charge in [-0.05, 0) is 37.5 Å². The predicted molar refractivity (Wildman–Crippen MR) is 120 cm³/mol. The van der Waals surface area contributed by atoms with Crippen LogP contribution in [-0.2, 0) is 9.47 Å². The number of benzene rings is 1. The molecule has 0 N–H and O–H groups in total. The molecular weight excluding hydrogens is 396 g/mol. The predicted octanol–water partition coefficient (Wildman–Crippen LogP) is 4.72. The number of carbonyl (C=O) groups is 2. The van der Waals surface area contributed by atoms with Crippen molar-refractivity contribution in [2.45, 2.75) is 51.4 Å². The first-order valence-corrected chi connectivity index (χ1v) is 11.0. The van der Waals surface area contributed by atoms with Crippen molar-refractivity contribution in [3.8, 4) is 5.75 Å². The van der Waals surface area contributed by atoms with E-state index in [4.69, 9.17) is 14.2 Å². The fourth-order valence-electron chi connectivity index (χ4n) is 3.51. The average Bonchev–Trinajstić information content (AvgIpc) is 3.22. The number of quaternary nitrogens is 1. The molecule has 1 aromatic carbocycles. The van der Waals surface area contributed by atoms with E-state index in [0.717, 1.165) is 23.9 Å². The Hall–Kier alpha value is -2.67. The van der Waals surface area contributed by atoms with E-state index in [1.807, 2.05) is 12.5 Å². The number of carbonyl (C=O) groups excluding carboxylic acids is 2. The van der Waals surface area contributed by atoms with Crippen molar-refractivity contribution in [1.82, 2.24) is 0 Å². The zero-order valence-electron chi connectivity index (χ0n) is 19.0. The first-order valence-electron chi connectivity index (χ1n) is 11.0. The Morgan fingerprint density at radius 2 is 1.39 bits per heavy atom. The van der Waals surface area contributed by atoms with Gasteiger partial charge in [-0.25, -0.2) is 14.6 Å². The molecule has 0 amide bonds. The third kappa shape index (κ3) is 8.53. The summed E-state index contributed by atoms with van der Waals surface area (Å²) in [5.74, 6) is -0.564. The lowest BCUT2D eigenvalue weighted by Gasteiger charge is -2.21. The highest BCUT2D eigenvalue weighted by molar-refractivity contribution is 5.96. The van der Waals surface area contributed by atoms with Crippen LogP contribution >= 0.6 is 0 Å². The summed E-state index contributed by atoms with van der Waals surface area (Å²) >= 11 is 0. The number of hydrogen-bond acceptors (Lipinski definition) is 6. The molecule has 7 heteroatoms. The van der Waals surface area contributed by atoms with Crippen LogP contribution in [0, 0.1) is 0 Å². The summed E-state index contributed by atoms with van der Waals surface area (Å²) in [7, 11) is 4.78. The molecule has 0 aromatic heterocycles. The summed E-state index contributed by atoms with van der Waals surface area (Å²) in [6.45, 7) is 1.66. The van der Waals surface area contributed by atoms with Crippen LogP contribution in [0.4, 0.5) is 0 Å². The van der Waals surface area contributed by atoms with Crippen molar-refractivity contribution in [2.75, 3.05) is 34.4 Å². The summed E-state index contributed by atoms with van der Waals surface area (Å²) in [6.07, 6.45) is 15.4. The largest absolute Gasteiger partial charge is 0.494 e. The molecule has 7 nitrogen and oxygen atoms in total. The summed E-state index contributed by atoms with van der Waals surface area (Å²) < 4.78 is 16.1. The van der Waals surface area contributed by atoms with Gasteiger partial charge in [-0.3, -0.25) is 4.48 Å². The Morgan fingerprint density at radius 1 is 0.839 bits per heavy atom. The maximum Gasteiger partial charge on any atom is 0.338 e. The van der Waals surface area contributed by atoms with Crippen LogP contribution in [0.25, 0.3) is 0 Å². The molecule has 0 radical (unpaired) electrons. The second kappa shape index (κ2) is 12.9. The van der Waals surface area contributed by atoms with Crippen molar-refractivity contribution < 1.29 is 28.3 Å². The molecule has 0 bridgehead atoms. The normalized spacial score (nSPS) is 17.0. The van der Waals surface area contributed by atoms with E-state index < -0.39 is 11.9 Å². The van der Waals surface area contributed by atoms with E-state index in [9.17, 15) is 9.59 Å². The van der Waals surface area contributed by atoms with E-state index in [1.165, 1.54) is 58.8 Å². The van der Waals surface area contributed by atoms with Gasteiger partial charge in [0.25, 0.3) is 0 Å². The maximum atomic E-state index is 11.8. The molecule has 1 atom stereocenters. The Kier molecular flexibility index (Phi) is 10.2. The highest BCUT2D eigenvalue weighted by Gasteiger charge is 2.18. The lowest BCUT2D eigenvalue weighted by molar-refractivity contribution is -0.756. The van der Waals surface area contributed by atoms with Crippen LogP contribution in [0.5, 0.6) is 5.75 Å². The molecule has 1 heterocycles. The Labute approximate surface area is 185 Å². The van der Waals surface area contributed by atoms with Crippen LogP contribution in [0.15, 0.2) is 35.6 Å². The van der Waals surface area contributed by atoms with Crippen LogP contribution in [0.2, 0.25) is 0 Å². The zero-order chi connectivity index (χ0) is 22.5. The number of rotatable bonds is 14. The number of nitrogens with zero attached hydrogens (tertiary/aromatic N) is 2. The standard InChI is InChI=1S/C24H35N2O5/c1-26(14-12-25-19-26)13-10-8-6-4-5-7-9-11-15-31-22-17-20(23(27)29-2)16-21(18-22)24(28)30-3/h12,14,16-19H,4-11,13,15H2,1-3H3/q+1. The zero-order valence-corrected chi connectivity index (χ0v) is 19.0. The van der Waals surface area contributed by atoms with Gasteiger partial charge in [0.1, 0.15) is 11.9 Å². The topological polar surface area (TPSA) is 74.2 Å². The molecule has 1 aromatic rings. The summed E-state index contributed by atoms with van der Waals surface area (Å²) in [5.41, 5.74) is 0.536. The highest BCUT2D eigenvalue weighted by Crippen LogP contribution is 2.20. The molecule has 1 aliphatic rings. The Morgan fingerprint density at radius 3 is 1.90 bits per heavy atom. The van der Waals surface area contributed by atoms with Crippen molar-refractivity contribution >= 4 is 18.3 Å². The molecule has 170 valence electrons. The minimum Gasteiger partial charge on any atom is -0.494 e. The second-order valence-electron chi connectivity index (χ2n) is 8.04. The van der Waals surface area contributed by atoms with E-state index in [2.05, 4.69) is 18.2 Å². The smallest absolute Gasteiger partial charge is 0.338 e. The average molecular weight is 432 g/mol. The Balaban J connectivity index is 1.58. The van der Waals surface area contributed by atoms with Crippen LogP contribution in [-0.4, -0.2) is 57.2 Å². The SMILES string of the molecule is COC(=O)c1cc(OCCCCCCCCCC[N+]2(C)C=CN=C2)cc(C(=O)OC)c1. The third-order valence-corrected chi connectivity index (χ3v) is 5.38. The van der Waals surface area contributed by atoms with Crippen molar-refractivity contribution in [3.05, 3.63) is 41.7 Å². The first-order chi connectivity index (χ1) is 15.0. The molecule has 0 saturated carbocycles. The Bertz CT molecular complexity index is 742. The van der Waals surface area contributed by atoms with Gasteiger partial charge in [-0.2, -0.15) is 0 Å². The van der Waals surface area contributed by atoms with Crippen molar-refractivity contribution in [1.29, 1.82) is 0 Å². The molecule has 1 aliphatic heterocycles. The second-order valence-corrected chi connectivity index (χ2v) is 8.04. The lowest BCUT2D eigenvalue weighted by atomic mass is 10.1. The maximum absolute atomic E-state index is 11.8. The summed E-state index contributed by atoms with van der Waals surface area (Å²) in [4.78, 5) is 27.8. The van der Waals surface area contributed by atoms with Gasteiger partial charge in [0.05, 0.1) is 51.7 Å². The minimum atomic E-state index is -0.517. The van der Waals surface area contributed by atoms with Crippen LogP contribution in [0.1, 0.15) is 72.1 Å². The van der Waals surface area contributed by atoms with E-state index in [0.29, 0.717) is 12.4 Å². The summed E-state index contributed by atoms with van der Waals surface area (Å²) in [6, 6.07) is 4.62.